The van der Waals surface area contributed by atoms with Crippen LogP contribution in [0.2, 0.25) is 0 Å². The maximum atomic E-state index is 11.2. The number of nitrogens with one attached hydrogen (secondary N) is 1. The molecule has 2 N–H and O–H groups in total. The number of hydrogen-bond donors (Lipinski definition) is 2. The van der Waals surface area contributed by atoms with E-state index in [0.717, 1.165) is 42.9 Å². The van der Waals surface area contributed by atoms with Gasteiger partial charge in [-0.05, 0) is 23.8 Å². The number of aromatic amines is 1. The van der Waals surface area contributed by atoms with Gasteiger partial charge in [0.15, 0.2) is 6.54 Å². The number of rotatable bonds is 7. The van der Waals surface area contributed by atoms with Gasteiger partial charge in [0.2, 0.25) is 5.52 Å². The van der Waals surface area contributed by atoms with E-state index in [1.807, 2.05) is 48.5 Å². The summed E-state index contributed by atoms with van der Waals surface area (Å²) in [4.78, 5) is 3.56. The highest BCUT2D eigenvalue weighted by Crippen LogP contribution is 2.32. The highest BCUT2D eigenvalue weighted by molar-refractivity contribution is 7.85. The van der Waals surface area contributed by atoms with Crippen LogP contribution in [-0.2, 0) is 16.7 Å². The van der Waals surface area contributed by atoms with Gasteiger partial charge < -0.3 is 4.98 Å². The number of benzene rings is 3. The van der Waals surface area contributed by atoms with Crippen LogP contribution in [-0.4, -0.2) is 23.7 Å². The lowest BCUT2D eigenvalue weighted by Gasteiger charge is -2.01. The number of fused-ring (bicyclic) bond motifs is 2. The second-order valence-electron chi connectivity index (χ2n) is 7.86. The van der Waals surface area contributed by atoms with Crippen molar-refractivity contribution in [1.29, 1.82) is 0 Å². The van der Waals surface area contributed by atoms with Crippen LogP contribution in [0.25, 0.3) is 44.5 Å². The zero-order valence-corrected chi connectivity index (χ0v) is 19.4. The van der Waals surface area contributed by atoms with E-state index >= 15 is 0 Å². The number of nitrogens with zero attached hydrogens (tertiary/aromatic N) is 1. The minimum Gasteiger partial charge on any atom is -0.354 e. The first kappa shape index (κ1) is 21.6. The number of para-hydroxylation sites is 2. The number of thiazole rings is 1. The van der Waals surface area contributed by atoms with Crippen LogP contribution in [0.5, 0.6) is 0 Å². The lowest BCUT2D eigenvalue weighted by Crippen LogP contribution is -2.35. The maximum absolute atomic E-state index is 11.2. The highest BCUT2D eigenvalue weighted by Gasteiger charge is 2.20. The van der Waals surface area contributed by atoms with Gasteiger partial charge in [-0.25, -0.2) is 0 Å². The first-order valence-electron chi connectivity index (χ1n) is 10.7. The van der Waals surface area contributed by atoms with Gasteiger partial charge in [0.1, 0.15) is 4.70 Å². The third-order valence-electron chi connectivity index (χ3n) is 5.62. The number of hydrogen-bond acceptors (Lipinski definition) is 3. The van der Waals surface area contributed by atoms with Crippen LogP contribution in [0.1, 0.15) is 17.0 Å². The SMILES string of the molecule is O=S(=O)(O)CCC[n+]1c(C=Cc2c(-c3ccccc3)[nH]c3ccccc23)sc2ccccc21. The van der Waals surface area contributed by atoms with Gasteiger partial charge in [0, 0.05) is 35.0 Å². The minimum absolute atomic E-state index is 0.256. The van der Waals surface area contributed by atoms with E-state index in [9.17, 15) is 8.42 Å². The Labute approximate surface area is 196 Å². The summed E-state index contributed by atoms with van der Waals surface area (Å²) in [6.07, 6.45) is 4.57. The molecule has 0 aliphatic rings. The third kappa shape index (κ3) is 4.61. The largest absolute Gasteiger partial charge is 0.354 e. The van der Waals surface area contributed by atoms with Crippen LogP contribution in [0.4, 0.5) is 0 Å². The molecule has 0 spiro atoms. The topological polar surface area (TPSA) is 74.0 Å². The molecule has 3 aromatic carbocycles. The molecule has 0 radical (unpaired) electrons. The molecule has 5 nitrogen and oxygen atoms in total. The lowest BCUT2D eigenvalue weighted by atomic mass is 10.0. The summed E-state index contributed by atoms with van der Waals surface area (Å²) in [5, 5.41) is 2.17. The summed E-state index contributed by atoms with van der Waals surface area (Å²) < 4.78 is 34.8. The molecule has 0 bridgehead atoms. The summed E-state index contributed by atoms with van der Waals surface area (Å²) in [5.74, 6) is -0.256. The van der Waals surface area contributed by atoms with Gasteiger partial charge in [-0.15, -0.1) is 0 Å². The Hall–Kier alpha value is -3.26. The normalized spacial score (nSPS) is 12.3. The van der Waals surface area contributed by atoms with Gasteiger partial charge >= 0.3 is 0 Å². The summed E-state index contributed by atoms with van der Waals surface area (Å²) in [5.41, 5.74) is 5.42. The van der Waals surface area contributed by atoms with Crippen molar-refractivity contribution in [3.8, 4) is 11.3 Å². The van der Waals surface area contributed by atoms with E-state index < -0.39 is 10.1 Å². The zero-order chi connectivity index (χ0) is 22.8. The van der Waals surface area contributed by atoms with E-state index in [1.54, 1.807) is 11.3 Å². The van der Waals surface area contributed by atoms with Crippen LogP contribution in [0.3, 0.4) is 0 Å². The quantitative estimate of drug-likeness (QED) is 0.231. The Morgan fingerprint density at radius 2 is 1.64 bits per heavy atom. The standard InChI is InChI=1S/C26H22N2O3S2/c29-33(30,31)18-8-17-28-23-13-6-7-14-24(23)32-25(28)16-15-21-20-11-4-5-12-22(20)27-26(21)19-9-2-1-3-10-19/h1-7,9-16H,8,17-18H2,(H,29,30,31)/p+1. The molecule has 2 aromatic heterocycles. The Morgan fingerprint density at radius 3 is 2.45 bits per heavy atom. The first-order chi connectivity index (χ1) is 16.0. The maximum Gasteiger partial charge on any atom is 0.265 e. The Bertz CT molecular complexity index is 1570. The van der Waals surface area contributed by atoms with Gasteiger partial charge in [-0.2, -0.15) is 13.0 Å². The summed E-state index contributed by atoms with van der Waals surface area (Å²) in [6, 6.07) is 26.6. The van der Waals surface area contributed by atoms with E-state index in [-0.39, 0.29) is 5.75 Å². The molecule has 5 aromatic rings. The first-order valence-corrected chi connectivity index (χ1v) is 13.1. The molecule has 0 saturated heterocycles. The monoisotopic (exact) mass is 475 g/mol. The molecule has 33 heavy (non-hydrogen) atoms. The Balaban J connectivity index is 1.59. The lowest BCUT2D eigenvalue weighted by molar-refractivity contribution is -0.668. The third-order valence-corrected chi connectivity index (χ3v) is 7.56. The molecule has 0 amide bonds. The van der Waals surface area contributed by atoms with Gasteiger partial charge in [-0.1, -0.05) is 72.0 Å². The van der Waals surface area contributed by atoms with Crippen LogP contribution < -0.4 is 4.57 Å². The number of aryl methyl sites for hydroxylation is 1. The molecule has 0 atom stereocenters. The average molecular weight is 476 g/mol. The van der Waals surface area contributed by atoms with Crippen molar-refractivity contribution >= 4 is 54.7 Å². The number of aromatic nitrogens is 2. The fourth-order valence-electron chi connectivity index (χ4n) is 4.14. The molecular weight excluding hydrogens is 452 g/mol. The zero-order valence-electron chi connectivity index (χ0n) is 17.8. The molecule has 166 valence electrons. The summed E-state index contributed by atoms with van der Waals surface area (Å²) in [7, 11) is -3.98. The van der Waals surface area contributed by atoms with Crippen molar-refractivity contribution in [2.24, 2.45) is 0 Å². The van der Waals surface area contributed by atoms with Gasteiger partial charge in [-0.3, -0.25) is 4.55 Å². The van der Waals surface area contributed by atoms with Crippen LogP contribution in [0.15, 0.2) is 78.9 Å². The molecular formula is C26H23N2O3S2+. The highest BCUT2D eigenvalue weighted by atomic mass is 32.2. The molecule has 0 fully saturated rings. The van der Waals surface area contributed by atoms with Gasteiger partial charge in [0.25, 0.3) is 15.1 Å². The van der Waals surface area contributed by atoms with Crippen LogP contribution >= 0.6 is 11.3 Å². The van der Waals surface area contributed by atoms with Crippen molar-refractivity contribution < 1.29 is 17.5 Å². The molecule has 2 heterocycles. The fraction of sp³-hybridized carbons (Fsp3) is 0.115. The van der Waals surface area contributed by atoms with Crippen molar-refractivity contribution in [2.75, 3.05) is 5.75 Å². The van der Waals surface area contributed by atoms with E-state index in [4.69, 9.17) is 4.55 Å². The summed E-state index contributed by atoms with van der Waals surface area (Å²) in [6.45, 7) is 0.503. The summed E-state index contributed by atoms with van der Waals surface area (Å²) >= 11 is 1.66. The smallest absolute Gasteiger partial charge is 0.265 e. The van der Waals surface area contributed by atoms with Crippen molar-refractivity contribution in [1.82, 2.24) is 4.98 Å². The van der Waals surface area contributed by atoms with E-state index in [2.05, 4.69) is 52.0 Å². The molecule has 7 heteroatoms. The molecule has 0 saturated carbocycles. The Morgan fingerprint density at radius 1 is 0.909 bits per heavy atom. The molecule has 5 rings (SSSR count). The van der Waals surface area contributed by atoms with E-state index in [1.165, 1.54) is 0 Å². The average Bonchev–Trinajstić information content (AvgIpc) is 3.36. The van der Waals surface area contributed by atoms with Gasteiger partial charge in [0.05, 0.1) is 11.4 Å². The van der Waals surface area contributed by atoms with Crippen LogP contribution in [0, 0.1) is 0 Å². The predicted octanol–water partition coefficient (Wildman–Crippen LogP) is 5.79. The second-order valence-corrected chi connectivity index (χ2v) is 10.5. The number of H-pyrrole nitrogens is 1. The molecule has 0 unspecified atom stereocenters. The fourth-order valence-corrected chi connectivity index (χ4v) is 5.72. The second kappa shape index (κ2) is 8.94. The predicted molar refractivity (Wildman–Crippen MR) is 136 cm³/mol. The van der Waals surface area contributed by atoms with Crippen molar-refractivity contribution in [2.45, 2.75) is 13.0 Å². The van der Waals surface area contributed by atoms with Crippen molar-refractivity contribution in [3.05, 3.63) is 89.4 Å². The van der Waals surface area contributed by atoms with Crippen molar-refractivity contribution in [3.63, 3.8) is 0 Å². The Kier molecular flexibility index (Phi) is 5.85. The molecule has 0 aliphatic heterocycles. The molecule has 0 aliphatic carbocycles. The minimum atomic E-state index is -3.98. The van der Waals surface area contributed by atoms with E-state index in [0.29, 0.717) is 13.0 Å².